The lowest BCUT2D eigenvalue weighted by atomic mass is 9.43. The Bertz CT molecular complexity index is 291. The Labute approximate surface area is 92.9 Å². The van der Waals surface area contributed by atoms with Gasteiger partial charge < -0.3 is 9.31 Å². The number of rotatable bonds is 1. The highest BCUT2D eigenvalue weighted by molar-refractivity contribution is 6.45. The van der Waals surface area contributed by atoms with E-state index in [0.717, 1.165) is 12.2 Å². The van der Waals surface area contributed by atoms with Crippen LogP contribution >= 0.6 is 0 Å². The first kappa shape index (κ1) is 10.2. The van der Waals surface area contributed by atoms with Crippen molar-refractivity contribution in [3.8, 4) is 0 Å². The molecule has 2 bridgehead atoms. The van der Waals surface area contributed by atoms with Crippen LogP contribution in [0.5, 0.6) is 0 Å². The predicted molar refractivity (Wildman–Crippen MR) is 60.6 cm³/mol. The SMILES string of the molecule is CCB1O[C@@H]2C[C@@H]3CC(C3(C)C)[C@]2(C)O1. The monoisotopic (exact) mass is 208 g/mol. The molecule has 4 fully saturated rings. The first-order valence-corrected chi connectivity index (χ1v) is 6.31. The van der Waals surface area contributed by atoms with Crippen LogP contribution in [-0.2, 0) is 9.31 Å². The second-order valence-electron chi connectivity index (χ2n) is 6.31. The molecule has 0 aromatic carbocycles. The zero-order chi connectivity index (χ0) is 10.8. The maximum absolute atomic E-state index is 6.17. The van der Waals surface area contributed by atoms with E-state index < -0.39 is 0 Å². The van der Waals surface area contributed by atoms with Crippen molar-refractivity contribution < 1.29 is 9.31 Å². The van der Waals surface area contributed by atoms with E-state index in [1.54, 1.807) is 0 Å². The van der Waals surface area contributed by atoms with Gasteiger partial charge in [0.25, 0.3) is 0 Å². The van der Waals surface area contributed by atoms with Crippen LogP contribution in [0, 0.1) is 17.3 Å². The largest absolute Gasteiger partial charge is 0.457 e. The highest BCUT2D eigenvalue weighted by Crippen LogP contribution is 2.65. The van der Waals surface area contributed by atoms with Gasteiger partial charge in [-0.3, -0.25) is 0 Å². The fourth-order valence-electron chi connectivity index (χ4n) is 4.13. The van der Waals surface area contributed by atoms with Gasteiger partial charge in [0.15, 0.2) is 0 Å². The predicted octanol–water partition coefficient (Wildman–Crippen LogP) is 2.73. The van der Waals surface area contributed by atoms with E-state index in [4.69, 9.17) is 9.31 Å². The quantitative estimate of drug-likeness (QED) is 0.617. The van der Waals surface area contributed by atoms with Crippen LogP contribution in [0.15, 0.2) is 0 Å². The second-order valence-corrected chi connectivity index (χ2v) is 6.31. The molecule has 84 valence electrons. The molecule has 0 amide bonds. The Morgan fingerprint density at radius 2 is 2.00 bits per heavy atom. The second kappa shape index (κ2) is 2.81. The van der Waals surface area contributed by atoms with E-state index in [2.05, 4.69) is 27.7 Å². The zero-order valence-corrected chi connectivity index (χ0v) is 10.2. The first-order chi connectivity index (χ1) is 6.98. The highest BCUT2D eigenvalue weighted by atomic mass is 16.7. The third kappa shape index (κ3) is 1.09. The first-order valence-electron chi connectivity index (χ1n) is 6.31. The third-order valence-electron chi connectivity index (χ3n) is 5.34. The van der Waals surface area contributed by atoms with Crippen LogP contribution in [0.3, 0.4) is 0 Å². The van der Waals surface area contributed by atoms with Crippen molar-refractivity contribution in [1.82, 2.24) is 0 Å². The van der Waals surface area contributed by atoms with Crippen molar-refractivity contribution in [1.29, 1.82) is 0 Å². The molecule has 3 aliphatic carbocycles. The Balaban J connectivity index is 1.89. The minimum Gasteiger partial charge on any atom is -0.405 e. The summed E-state index contributed by atoms with van der Waals surface area (Å²) in [6.07, 6.45) is 3.89. The van der Waals surface area contributed by atoms with E-state index in [0.29, 0.717) is 17.4 Å². The fraction of sp³-hybridized carbons (Fsp3) is 1.00. The minimum absolute atomic E-state index is 0.00106. The maximum atomic E-state index is 6.17. The highest BCUT2D eigenvalue weighted by Gasteiger charge is 2.67. The molecule has 1 unspecified atom stereocenters. The van der Waals surface area contributed by atoms with Gasteiger partial charge in [0, 0.05) is 0 Å². The van der Waals surface area contributed by atoms with Crippen LogP contribution < -0.4 is 0 Å². The molecule has 1 heterocycles. The lowest BCUT2D eigenvalue weighted by Crippen LogP contribution is -2.65. The molecule has 0 N–H and O–H groups in total. The molecule has 0 aromatic heterocycles. The van der Waals surface area contributed by atoms with Crippen molar-refractivity contribution in [3.63, 3.8) is 0 Å². The van der Waals surface area contributed by atoms with Crippen molar-refractivity contribution in [2.45, 2.75) is 58.6 Å². The van der Waals surface area contributed by atoms with Gasteiger partial charge in [-0.2, -0.15) is 0 Å². The molecule has 4 rings (SSSR count). The fourth-order valence-corrected chi connectivity index (χ4v) is 4.13. The van der Waals surface area contributed by atoms with Gasteiger partial charge in [-0.15, -0.1) is 0 Å². The molecule has 0 spiro atoms. The molecule has 3 heteroatoms. The van der Waals surface area contributed by atoms with E-state index in [9.17, 15) is 0 Å². The van der Waals surface area contributed by atoms with Crippen molar-refractivity contribution >= 4 is 7.12 Å². The third-order valence-corrected chi connectivity index (χ3v) is 5.34. The minimum atomic E-state index is -0.00106. The Morgan fingerprint density at radius 1 is 1.27 bits per heavy atom. The van der Waals surface area contributed by atoms with Gasteiger partial charge in [-0.1, -0.05) is 20.8 Å². The summed E-state index contributed by atoms with van der Waals surface area (Å²) in [5, 5.41) is 0. The standard InChI is InChI=1S/C12H21BO2/c1-5-13-14-10-7-8-6-9(11(8,2)3)12(10,4)15-13/h8-10H,5-7H2,1-4H3/t8-,9?,10+,12-/m0/s1. The smallest absolute Gasteiger partial charge is 0.405 e. The lowest BCUT2D eigenvalue weighted by molar-refractivity contribution is -0.199. The summed E-state index contributed by atoms with van der Waals surface area (Å²) in [7, 11) is 0.0511. The van der Waals surface area contributed by atoms with E-state index in [1.807, 2.05) is 0 Å². The summed E-state index contributed by atoms with van der Waals surface area (Å²) in [6, 6.07) is 0. The zero-order valence-electron chi connectivity index (χ0n) is 10.2. The summed E-state index contributed by atoms with van der Waals surface area (Å²) in [6.45, 7) is 9.21. The Morgan fingerprint density at radius 3 is 2.60 bits per heavy atom. The van der Waals surface area contributed by atoms with E-state index >= 15 is 0 Å². The molecular formula is C12H21BO2. The summed E-state index contributed by atoms with van der Waals surface area (Å²) in [5.41, 5.74) is 0.468. The molecule has 4 aliphatic rings. The topological polar surface area (TPSA) is 18.5 Å². The molecule has 1 aliphatic heterocycles. The molecular weight excluding hydrogens is 187 g/mol. The molecule has 2 nitrogen and oxygen atoms in total. The Kier molecular flexibility index (Phi) is 1.90. The molecule has 1 saturated heterocycles. The van der Waals surface area contributed by atoms with Gasteiger partial charge in [0.1, 0.15) is 0 Å². The summed E-state index contributed by atoms with van der Waals surface area (Å²) in [4.78, 5) is 0. The van der Waals surface area contributed by atoms with Gasteiger partial charge in [0.05, 0.1) is 11.7 Å². The van der Waals surface area contributed by atoms with Gasteiger partial charge >= 0.3 is 7.12 Å². The van der Waals surface area contributed by atoms with Crippen LogP contribution in [0.4, 0.5) is 0 Å². The van der Waals surface area contributed by atoms with Gasteiger partial charge in [-0.05, 0) is 43.3 Å². The Hall–Kier alpha value is -0.0151. The number of hydrogen-bond acceptors (Lipinski definition) is 2. The molecule has 15 heavy (non-hydrogen) atoms. The molecule has 0 radical (unpaired) electrons. The van der Waals surface area contributed by atoms with Crippen molar-refractivity contribution in [2.75, 3.05) is 0 Å². The van der Waals surface area contributed by atoms with Crippen molar-refractivity contribution in [3.05, 3.63) is 0 Å². The lowest BCUT2D eigenvalue weighted by Gasteiger charge is -2.64. The van der Waals surface area contributed by atoms with E-state index in [1.165, 1.54) is 12.8 Å². The number of hydrogen-bond donors (Lipinski definition) is 0. The summed E-state index contributed by atoms with van der Waals surface area (Å²) < 4.78 is 12.2. The molecule has 0 aromatic rings. The van der Waals surface area contributed by atoms with Gasteiger partial charge in [-0.25, -0.2) is 0 Å². The summed E-state index contributed by atoms with van der Waals surface area (Å²) in [5.74, 6) is 1.56. The summed E-state index contributed by atoms with van der Waals surface area (Å²) >= 11 is 0. The van der Waals surface area contributed by atoms with Gasteiger partial charge in [0.2, 0.25) is 0 Å². The van der Waals surface area contributed by atoms with Crippen LogP contribution in [0.2, 0.25) is 6.32 Å². The normalized spacial score (nSPS) is 51.2. The maximum Gasteiger partial charge on any atom is 0.457 e. The average molecular weight is 208 g/mol. The van der Waals surface area contributed by atoms with Crippen LogP contribution in [0.1, 0.15) is 40.5 Å². The van der Waals surface area contributed by atoms with Crippen LogP contribution in [-0.4, -0.2) is 18.8 Å². The van der Waals surface area contributed by atoms with Crippen LogP contribution in [0.25, 0.3) is 0 Å². The van der Waals surface area contributed by atoms with E-state index in [-0.39, 0.29) is 12.7 Å². The molecule has 3 saturated carbocycles. The molecule has 4 atom stereocenters. The van der Waals surface area contributed by atoms with Crippen molar-refractivity contribution in [2.24, 2.45) is 17.3 Å². The average Bonchev–Trinajstić information content (AvgIpc) is 2.53.